The first-order valence-corrected chi connectivity index (χ1v) is 8.16. The lowest BCUT2D eigenvalue weighted by Gasteiger charge is -2.11. The molecule has 0 saturated heterocycles. The molecule has 1 aromatic carbocycles. The van der Waals surface area contributed by atoms with Gasteiger partial charge in [0.05, 0.1) is 25.0 Å². The number of nitrogens with zero attached hydrogens (tertiary/aromatic N) is 2. The molecule has 2 aromatic rings. The van der Waals surface area contributed by atoms with Crippen LogP contribution in [0.15, 0.2) is 24.4 Å². The van der Waals surface area contributed by atoms with Crippen molar-refractivity contribution in [3.05, 3.63) is 41.2 Å². The molecule has 6 nitrogen and oxygen atoms in total. The second kappa shape index (κ2) is 7.97. The van der Waals surface area contributed by atoms with E-state index in [-0.39, 0.29) is 12.5 Å². The first-order chi connectivity index (χ1) is 11.5. The van der Waals surface area contributed by atoms with Crippen LogP contribution in [-0.4, -0.2) is 27.4 Å². The summed E-state index contributed by atoms with van der Waals surface area (Å²) in [6.07, 6.45) is 1.59. The molecule has 1 amide bonds. The third-order valence-corrected chi connectivity index (χ3v) is 3.67. The van der Waals surface area contributed by atoms with Crippen molar-refractivity contribution in [3.63, 3.8) is 0 Å². The molecule has 130 valence electrons. The zero-order chi connectivity index (χ0) is 17.7. The summed E-state index contributed by atoms with van der Waals surface area (Å²) in [6.45, 7) is 9.14. The average molecular weight is 331 g/mol. The number of aliphatic hydroxyl groups excluding tert-OH is 1. The summed E-state index contributed by atoms with van der Waals surface area (Å²) in [5.41, 5.74) is 2.65. The number of aromatic nitrogens is 2. The van der Waals surface area contributed by atoms with Gasteiger partial charge in [-0.1, -0.05) is 13.8 Å². The second-order valence-corrected chi connectivity index (χ2v) is 6.09. The minimum Gasteiger partial charge on any atom is -0.494 e. The average Bonchev–Trinajstić information content (AvgIpc) is 2.89. The lowest BCUT2D eigenvalue weighted by molar-refractivity contribution is 0.102. The van der Waals surface area contributed by atoms with Crippen molar-refractivity contribution in [1.29, 1.82) is 0 Å². The molecule has 0 aliphatic rings. The number of hydrogen-bond donors (Lipinski definition) is 2. The Morgan fingerprint density at radius 2 is 2.17 bits per heavy atom. The summed E-state index contributed by atoms with van der Waals surface area (Å²) in [7, 11) is 0. The number of nitrogens with one attached hydrogen (secondary N) is 1. The van der Waals surface area contributed by atoms with E-state index in [1.165, 1.54) is 0 Å². The summed E-state index contributed by atoms with van der Waals surface area (Å²) in [5, 5.41) is 16.6. The van der Waals surface area contributed by atoms with E-state index < -0.39 is 0 Å². The summed E-state index contributed by atoms with van der Waals surface area (Å²) in [6, 6.07) is 5.23. The lowest BCUT2D eigenvalue weighted by Crippen LogP contribution is -2.14. The van der Waals surface area contributed by atoms with Gasteiger partial charge in [-0.05, 0) is 38.0 Å². The molecular formula is C18H25N3O3. The predicted octanol–water partition coefficient (Wildman–Crippen LogP) is 2.99. The molecule has 1 heterocycles. The third-order valence-electron chi connectivity index (χ3n) is 3.67. The molecule has 6 heteroatoms. The monoisotopic (exact) mass is 331 g/mol. The van der Waals surface area contributed by atoms with Gasteiger partial charge in [-0.3, -0.25) is 9.48 Å². The van der Waals surface area contributed by atoms with Crippen LogP contribution in [0.25, 0.3) is 0 Å². The van der Waals surface area contributed by atoms with Gasteiger partial charge in [-0.2, -0.15) is 5.10 Å². The maximum absolute atomic E-state index is 12.5. The largest absolute Gasteiger partial charge is 0.494 e. The SMILES string of the molecule is CCOc1ccc(NC(=O)c2cnn(CC(C)C)c2C)cc1CO. The van der Waals surface area contributed by atoms with Crippen molar-refractivity contribution in [1.82, 2.24) is 9.78 Å². The molecule has 0 atom stereocenters. The maximum Gasteiger partial charge on any atom is 0.259 e. The molecule has 0 spiro atoms. The van der Waals surface area contributed by atoms with Crippen molar-refractivity contribution in [2.75, 3.05) is 11.9 Å². The quantitative estimate of drug-likeness (QED) is 0.818. The van der Waals surface area contributed by atoms with Crippen LogP contribution in [0.2, 0.25) is 0 Å². The first kappa shape index (κ1) is 18.0. The minimum atomic E-state index is -0.212. The number of amides is 1. The molecule has 0 saturated carbocycles. The van der Waals surface area contributed by atoms with E-state index in [4.69, 9.17) is 4.74 Å². The van der Waals surface area contributed by atoms with Gasteiger partial charge in [0.1, 0.15) is 5.75 Å². The zero-order valence-electron chi connectivity index (χ0n) is 14.7. The van der Waals surface area contributed by atoms with Gasteiger partial charge in [0.2, 0.25) is 0 Å². The van der Waals surface area contributed by atoms with Crippen LogP contribution >= 0.6 is 0 Å². The normalized spacial score (nSPS) is 10.9. The van der Waals surface area contributed by atoms with E-state index in [1.54, 1.807) is 24.4 Å². The minimum absolute atomic E-state index is 0.148. The Labute approximate surface area is 142 Å². The van der Waals surface area contributed by atoms with Gasteiger partial charge in [0, 0.05) is 23.5 Å². The Balaban J connectivity index is 2.16. The van der Waals surface area contributed by atoms with Gasteiger partial charge in [0.25, 0.3) is 5.91 Å². The smallest absolute Gasteiger partial charge is 0.259 e. The number of carbonyl (C=O) groups is 1. The van der Waals surface area contributed by atoms with E-state index in [0.717, 1.165) is 12.2 Å². The third kappa shape index (κ3) is 4.14. The van der Waals surface area contributed by atoms with E-state index in [2.05, 4.69) is 24.3 Å². The molecule has 24 heavy (non-hydrogen) atoms. The van der Waals surface area contributed by atoms with Crippen molar-refractivity contribution in [2.45, 2.75) is 40.8 Å². The molecule has 2 rings (SSSR count). The Kier molecular flexibility index (Phi) is 5.98. The van der Waals surface area contributed by atoms with Crippen LogP contribution in [0.5, 0.6) is 5.75 Å². The molecule has 0 radical (unpaired) electrons. The van der Waals surface area contributed by atoms with Gasteiger partial charge in [-0.25, -0.2) is 0 Å². The van der Waals surface area contributed by atoms with Crippen LogP contribution in [0.1, 0.15) is 42.4 Å². The van der Waals surface area contributed by atoms with Crippen molar-refractivity contribution < 1.29 is 14.6 Å². The maximum atomic E-state index is 12.5. The van der Waals surface area contributed by atoms with Crippen LogP contribution in [0.3, 0.4) is 0 Å². The van der Waals surface area contributed by atoms with Crippen molar-refractivity contribution in [2.24, 2.45) is 5.92 Å². The summed E-state index contributed by atoms with van der Waals surface area (Å²) in [4.78, 5) is 12.5. The molecule has 0 fully saturated rings. The molecule has 0 aliphatic carbocycles. The fourth-order valence-corrected chi connectivity index (χ4v) is 2.47. The topological polar surface area (TPSA) is 76.4 Å². The molecule has 0 bridgehead atoms. The Hall–Kier alpha value is -2.34. The Bertz CT molecular complexity index is 708. The fraction of sp³-hybridized carbons (Fsp3) is 0.444. The fourth-order valence-electron chi connectivity index (χ4n) is 2.47. The number of ether oxygens (including phenoxy) is 1. The Morgan fingerprint density at radius 1 is 1.42 bits per heavy atom. The number of anilines is 1. The van der Waals surface area contributed by atoms with Crippen LogP contribution in [0, 0.1) is 12.8 Å². The van der Waals surface area contributed by atoms with Gasteiger partial charge in [0.15, 0.2) is 0 Å². The highest BCUT2D eigenvalue weighted by Gasteiger charge is 2.15. The lowest BCUT2D eigenvalue weighted by atomic mass is 10.1. The molecule has 1 aromatic heterocycles. The number of benzene rings is 1. The van der Waals surface area contributed by atoms with E-state index in [9.17, 15) is 9.90 Å². The van der Waals surface area contributed by atoms with Crippen LogP contribution in [0.4, 0.5) is 5.69 Å². The first-order valence-electron chi connectivity index (χ1n) is 8.16. The molecular weight excluding hydrogens is 306 g/mol. The second-order valence-electron chi connectivity index (χ2n) is 6.09. The number of rotatable bonds is 7. The molecule has 0 unspecified atom stereocenters. The van der Waals surface area contributed by atoms with Gasteiger partial charge in [-0.15, -0.1) is 0 Å². The Morgan fingerprint density at radius 3 is 2.79 bits per heavy atom. The highest BCUT2D eigenvalue weighted by molar-refractivity contribution is 6.04. The number of hydrogen-bond acceptors (Lipinski definition) is 4. The molecule has 2 N–H and O–H groups in total. The van der Waals surface area contributed by atoms with Crippen LogP contribution < -0.4 is 10.1 Å². The van der Waals surface area contributed by atoms with Gasteiger partial charge < -0.3 is 15.2 Å². The highest BCUT2D eigenvalue weighted by Crippen LogP contribution is 2.23. The van der Waals surface area contributed by atoms with Gasteiger partial charge >= 0.3 is 0 Å². The predicted molar refractivity (Wildman–Crippen MR) is 93.3 cm³/mol. The number of aliphatic hydroxyl groups is 1. The summed E-state index contributed by atoms with van der Waals surface area (Å²) >= 11 is 0. The zero-order valence-corrected chi connectivity index (χ0v) is 14.7. The molecule has 0 aliphatic heterocycles. The van der Waals surface area contributed by atoms with Crippen LogP contribution in [-0.2, 0) is 13.2 Å². The summed E-state index contributed by atoms with van der Waals surface area (Å²) < 4.78 is 7.29. The van der Waals surface area contributed by atoms with E-state index in [0.29, 0.717) is 35.1 Å². The van der Waals surface area contributed by atoms with E-state index >= 15 is 0 Å². The summed E-state index contributed by atoms with van der Waals surface area (Å²) in [5.74, 6) is 0.868. The highest BCUT2D eigenvalue weighted by atomic mass is 16.5. The van der Waals surface area contributed by atoms with E-state index in [1.807, 2.05) is 18.5 Å². The van der Waals surface area contributed by atoms with Crippen molar-refractivity contribution >= 4 is 11.6 Å². The number of carbonyl (C=O) groups excluding carboxylic acids is 1. The standard InChI is InChI=1S/C18H25N3O3/c1-5-24-17-7-6-15(8-14(17)11-22)20-18(23)16-9-19-21(13(16)4)10-12(2)3/h6-9,12,22H,5,10-11H2,1-4H3,(H,20,23). The van der Waals surface area contributed by atoms with Crippen molar-refractivity contribution in [3.8, 4) is 5.75 Å².